The predicted octanol–water partition coefficient (Wildman–Crippen LogP) is 2.80. The SMILES string of the molecule is OCC1(CN(CC2CC2)C2CC2)CCCCC1. The molecule has 2 nitrogen and oxygen atoms in total. The highest BCUT2D eigenvalue weighted by Crippen LogP contribution is 2.41. The molecule has 0 unspecified atom stereocenters. The van der Waals surface area contributed by atoms with Crippen LogP contribution in [0.4, 0.5) is 0 Å². The molecule has 0 heterocycles. The molecule has 0 atom stereocenters. The maximum atomic E-state index is 9.82. The molecule has 0 aromatic rings. The Morgan fingerprint density at radius 1 is 1.00 bits per heavy atom. The van der Waals surface area contributed by atoms with Gasteiger partial charge in [0.05, 0.1) is 0 Å². The molecule has 0 saturated heterocycles. The van der Waals surface area contributed by atoms with Gasteiger partial charge in [0.15, 0.2) is 0 Å². The number of hydrogen-bond donors (Lipinski definition) is 1. The topological polar surface area (TPSA) is 23.5 Å². The Balaban J connectivity index is 1.60. The van der Waals surface area contributed by atoms with Crippen molar-refractivity contribution >= 4 is 0 Å². The van der Waals surface area contributed by atoms with Crippen molar-refractivity contribution in [2.75, 3.05) is 19.7 Å². The zero-order valence-corrected chi connectivity index (χ0v) is 11.0. The Morgan fingerprint density at radius 2 is 1.71 bits per heavy atom. The first kappa shape index (κ1) is 12.0. The first-order chi connectivity index (χ1) is 8.31. The molecule has 1 N–H and O–H groups in total. The largest absolute Gasteiger partial charge is 0.396 e. The van der Waals surface area contributed by atoms with Gasteiger partial charge in [0.2, 0.25) is 0 Å². The van der Waals surface area contributed by atoms with E-state index in [9.17, 15) is 5.11 Å². The molecule has 17 heavy (non-hydrogen) atoms. The van der Waals surface area contributed by atoms with Gasteiger partial charge in [-0.25, -0.2) is 0 Å². The quantitative estimate of drug-likeness (QED) is 0.768. The van der Waals surface area contributed by atoms with E-state index in [2.05, 4.69) is 4.90 Å². The highest BCUT2D eigenvalue weighted by Gasteiger charge is 2.40. The average Bonchev–Trinajstić information content (AvgIpc) is 3.22. The first-order valence-electron chi connectivity index (χ1n) is 7.66. The van der Waals surface area contributed by atoms with Crippen LogP contribution in [0.1, 0.15) is 57.8 Å². The van der Waals surface area contributed by atoms with Crippen molar-refractivity contribution in [3.8, 4) is 0 Å². The van der Waals surface area contributed by atoms with Crippen molar-refractivity contribution in [1.29, 1.82) is 0 Å². The highest BCUT2D eigenvalue weighted by molar-refractivity contribution is 4.93. The minimum Gasteiger partial charge on any atom is -0.396 e. The van der Waals surface area contributed by atoms with E-state index in [1.807, 2.05) is 0 Å². The smallest absolute Gasteiger partial charge is 0.0499 e. The fourth-order valence-corrected chi connectivity index (χ4v) is 3.51. The number of aliphatic hydroxyl groups is 1. The second-order valence-electron chi connectivity index (χ2n) is 6.82. The standard InChI is InChI=1S/C15H27NO/c17-12-15(8-2-1-3-9-15)11-16(14-6-7-14)10-13-4-5-13/h13-14,17H,1-12H2. The van der Waals surface area contributed by atoms with E-state index < -0.39 is 0 Å². The van der Waals surface area contributed by atoms with Crippen LogP contribution in [0.3, 0.4) is 0 Å². The van der Waals surface area contributed by atoms with Crippen LogP contribution >= 0.6 is 0 Å². The Labute approximate surface area is 105 Å². The lowest BCUT2D eigenvalue weighted by molar-refractivity contribution is 0.0359. The fourth-order valence-electron chi connectivity index (χ4n) is 3.51. The Kier molecular flexibility index (Phi) is 3.45. The number of hydrogen-bond acceptors (Lipinski definition) is 2. The number of aliphatic hydroxyl groups excluding tert-OH is 1. The van der Waals surface area contributed by atoms with Crippen LogP contribution in [-0.4, -0.2) is 35.7 Å². The fraction of sp³-hybridized carbons (Fsp3) is 1.00. The molecule has 0 amide bonds. The lowest BCUT2D eigenvalue weighted by Gasteiger charge is -2.40. The van der Waals surface area contributed by atoms with E-state index in [1.165, 1.54) is 70.9 Å². The summed E-state index contributed by atoms with van der Waals surface area (Å²) in [5.41, 5.74) is 0.260. The Morgan fingerprint density at radius 3 is 2.24 bits per heavy atom. The molecule has 3 aliphatic rings. The van der Waals surface area contributed by atoms with Gasteiger partial charge in [-0.2, -0.15) is 0 Å². The van der Waals surface area contributed by atoms with Gasteiger partial charge >= 0.3 is 0 Å². The number of rotatable bonds is 6. The molecular weight excluding hydrogens is 210 g/mol. The van der Waals surface area contributed by atoms with Gasteiger partial charge in [0.25, 0.3) is 0 Å². The molecule has 3 fully saturated rings. The third-order valence-corrected chi connectivity index (χ3v) is 5.04. The Bertz CT molecular complexity index is 252. The van der Waals surface area contributed by atoms with Gasteiger partial charge in [0, 0.05) is 31.2 Å². The summed E-state index contributed by atoms with van der Waals surface area (Å²) in [7, 11) is 0. The van der Waals surface area contributed by atoms with Gasteiger partial charge in [-0.1, -0.05) is 19.3 Å². The van der Waals surface area contributed by atoms with E-state index in [-0.39, 0.29) is 5.41 Å². The summed E-state index contributed by atoms with van der Waals surface area (Å²) in [5, 5.41) is 9.82. The van der Waals surface area contributed by atoms with E-state index >= 15 is 0 Å². The maximum Gasteiger partial charge on any atom is 0.0499 e. The molecule has 2 heteroatoms. The van der Waals surface area contributed by atoms with Crippen molar-refractivity contribution < 1.29 is 5.11 Å². The minimum atomic E-state index is 0.260. The van der Waals surface area contributed by atoms with E-state index in [4.69, 9.17) is 0 Å². The van der Waals surface area contributed by atoms with Crippen molar-refractivity contribution in [2.45, 2.75) is 63.8 Å². The van der Waals surface area contributed by atoms with E-state index in [0.29, 0.717) is 6.61 Å². The van der Waals surface area contributed by atoms with Crippen molar-refractivity contribution in [3.63, 3.8) is 0 Å². The molecule has 0 bridgehead atoms. The van der Waals surface area contributed by atoms with Crippen molar-refractivity contribution in [3.05, 3.63) is 0 Å². The summed E-state index contributed by atoms with van der Waals surface area (Å²) in [4.78, 5) is 2.74. The van der Waals surface area contributed by atoms with Crippen LogP contribution in [0, 0.1) is 11.3 Å². The zero-order chi connectivity index (χ0) is 11.7. The third kappa shape index (κ3) is 3.03. The van der Waals surface area contributed by atoms with E-state index in [0.717, 1.165) is 12.0 Å². The maximum absolute atomic E-state index is 9.82. The summed E-state index contributed by atoms with van der Waals surface area (Å²) >= 11 is 0. The lowest BCUT2D eigenvalue weighted by Crippen LogP contribution is -2.43. The molecule has 0 radical (unpaired) electrons. The number of nitrogens with zero attached hydrogens (tertiary/aromatic N) is 1. The second kappa shape index (κ2) is 4.89. The van der Waals surface area contributed by atoms with Gasteiger partial charge < -0.3 is 5.11 Å². The minimum absolute atomic E-state index is 0.260. The van der Waals surface area contributed by atoms with Crippen molar-refractivity contribution in [2.24, 2.45) is 11.3 Å². The van der Waals surface area contributed by atoms with Gasteiger partial charge in [0.1, 0.15) is 0 Å². The van der Waals surface area contributed by atoms with Crippen LogP contribution in [0.2, 0.25) is 0 Å². The van der Waals surface area contributed by atoms with E-state index in [1.54, 1.807) is 0 Å². The molecule has 98 valence electrons. The van der Waals surface area contributed by atoms with Crippen molar-refractivity contribution in [1.82, 2.24) is 4.90 Å². The molecule has 3 rings (SSSR count). The second-order valence-corrected chi connectivity index (χ2v) is 6.82. The van der Waals surface area contributed by atoms with Gasteiger partial charge in [-0.3, -0.25) is 4.90 Å². The van der Waals surface area contributed by atoms with Crippen LogP contribution in [0.25, 0.3) is 0 Å². The predicted molar refractivity (Wildman–Crippen MR) is 69.9 cm³/mol. The molecule has 0 aromatic carbocycles. The highest BCUT2D eigenvalue weighted by atomic mass is 16.3. The normalized spacial score (nSPS) is 28.6. The third-order valence-electron chi connectivity index (χ3n) is 5.04. The first-order valence-corrected chi connectivity index (χ1v) is 7.66. The monoisotopic (exact) mass is 237 g/mol. The van der Waals surface area contributed by atoms with Crippen LogP contribution in [-0.2, 0) is 0 Å². The molecule has 0 aliphatic heterocycles. The zero-order valence-electron chi connectivity index (χ0n) is 11.0. The molecule has 3 aliphatic carbocycles. The Hall–Kier alpha value is -0.0800. The van der Waals surface area contributed by atoms with Gasteiger partial charge in [-0.05, 0) is 44.4 Å². The van der Waals surface area contributed by atoms with Crippen LogP contribution < -0.4 is 0 Å². The van der Waals surface area contributed by atoms with Crippen LogP contribution in [0.15, 0.2) is 0 Å². The molecule has 0 spiro atoms. The summed E-state index contributed by atoms with van der Waals surface area (Å²) in [5.74, 6) is 0.995. The summed E-state index contributed by atoms with van der Waals surface area (Å²) in [6, 6.07) is 0.876. The summed E-state index contributed by atoms with van der Waals surface area (Å²) in [6.07, 6.45) is 12.3. The van der Waals surface area contributed by atoms with Crippen LogP contribution in [0.5, 0.6) is 0 Å². The summed E-state index contributed by atoms with van der Waals surface area (Å²) in [6.45, 7) is 2.93. The molecule has 0 aromatic heterocycles. The van der Waals surface area contributed by atoms with Gasteiger partial charge in [-0.15, -0.1) is 0 Å². The molecular formula is C15H27NO. The summed E-state index contributed by atoms with van der Waals surface area (Å²) < 4.78 is 0. The average molecular weight is 237 g/mol. The molecule has 3 saturated carbocycles. The lowest BCUT2D eigenvalue weighted by atomic mass is 9.74.